The third-order valence-electron chi connectivity index (χ3n) is 4.09. The number of nitro benzene ring substituents is 1. The van der Waals surface area contributed by atoms with Gasteiger partial charge < -0.3 is 10.1 Å². The zero-order chi connectivity index (χ0) is 21.7. The minimum atomic E-state index is -0.843. The quantitative estimate of drug-likeness (QED) is 0.265. The van der Waals surface area contributed by atoms with Crippen LogP contribution >= 0.6 is 11.3 Å². The molecule has 0 saturated heterocycles. The van der Waals surface area contributed by atoms with E-state index in [0.29, 0.717) is 10.4 Å². The molecule has 0 radical (unpaired) electrons. The van der Waals surface area contributed by atoms with Crippen LogP contribution in [0, 0.1) is 17.0 Å². The number of esters is 1. The van der Waals surface area contributed by atoms with Crippen molar-refractivity contribution in [2.45, 2.75) is 6.92 Å². The first-order valence-electron chi connectivity index (χ1n) is 8.76. The maximum Gasteiger partial charge on any atom is 0.339 e. The summed E-state index contributed by atoms with van der Waals surface area (Å²) in [6, 6.07) is 13.9. The van der Waals surface area contributed by atoms with Crippen molar-refractivity contribution in [1.29, 1.82) is 0 Å². The second kappa shape index (κ2) is 9.10. The first-order valence-corrected chi connectivity index (χ1v) is 9.64. The fourth-order valence-corrected chi connectivity index (χ4v) is 3.37. The monoisotopic (exact) mass is 424 g/mol. The van der Waals surface area contributed by atoms with Crippen molar-refractivity contribution in [2.75, 3.05) is 11.9 Å². The van der Waals surface area contributed by atoms with E-state index in [9.17, 15) is 24.5 Å². The molecule has 0 fully saturated rings. The van der Waals surface area contributed by atoms with Crippen LogP contribution in [0.2, 0.25) is 0 Å². The van der Waals surface area contributed by atoms with E-state index in [1.807, 2.05) is 0 Å². The van der Waals surface area contributed by atoms with Crippen molar-refractivity contribution >= 4 is 40.4 Å². The summed E-state index contributed by atoms with van der Waals surface area (Å²) in [4.78, 5) is 48.2. The number of hydrogen-bond donors (Lipinski definition) is 1. The Balaban J connectivity index is 1.69. The normalized spacial score (nSPS) is 10.3. The van der Waals surface area contributed by atoms with Gasteiger partial charge in [-0.2, -0.15) is 0 Å². The number of anilines is 1. The number of carbonyl (C=O) groups is 3. The van der Waals surface area contributed by atoms with Crippen LogP contribution in [0.25, 0.3) is 0 Å². The fraction of sp³-hybridized carbons (Fsp3) is 0.0952. The largest absolute Gasteiger partial charge is 0.452 e. The van der Waals surface area contributed by atoms with Crippen LogP contribution in [-0.2, 0) is 9.53 Å². The number of thiophene rings is 1. The van der Waals surface area contributed by atoms with Crippen molar-refractivity contribution < 1.29 is 24.0 Å². The fourth-order valence-electron chi connectivity index (χ4n) is 2.69. The van der Waals surface area contributed by atoms with E-state index in [2.05, 4.69) is 5.32 Å². The van der Waals surface area contributed by atoms with Crippen molar-refractivity contribution in [3.05, 3.63) is 91.7 Å². The average Bonchev–Trinajstić information content (AvgIpc) is 3.27. The molecule has 3 aromatic rings. The Kier molecular flexibility index (Phi) is 6.33. The molecule has 9 heteroatoms. The molecule has 1 aromatic heterocycles. The zero-order valence-corrected chi connectivity index (χ0v) is 16.6. The molecule has 1 amide bonds. The molecule has 1 heterocycles. The molecular weight excluding hydrogens is 408 g/mol. The molecule has 0 spiro atoms. The van der Waals surface area contributed by atoms with Crippen molar-refractivity contribution in [3.8, 4) is 0 Å². The first kappa shape index (κ1) is 20.9. The van der Waals surface area contributed by atoms with E-state index in [4.69, 9.17) is 4.74 Å². The van der Waals surface area contributed by atoms with Gasteiger partial charge in [-0.25, -0.2) is 4.79 Å². The van der Waals surface area contributed by atoms with E-state index < -0.39 is 23.4 Å². The van der Waals surface area contributed by atoms with Crippen LogP contribution in [-0.4, -0.2) is 29.2 Å². The summed E-state index contributed by atoms with van der Waals surface area (Å²) in [7, 11) is 0. The smallest absolute Gasteiger partial charge is 0.339 e. The number of carbonyl (C=O) groups excluding carboxylic acids is 3. The molecular formula is C21H16N2O6S. The van der Waals surface area contributed by atoms with E-state index in [1.165, 1.54) is 35.6 Å². The Morgan fingerprint density at radius 1 is 1.07 bits per heavy atom. The minimum absolute atomic E-state index is 0.0000720. The summed E-state index contributed by atoms with van der Waals surface area (Å²) < 4.78 is 5.02. The number of ether oxygens (including phenoxy) is 1. The van der Waals surface area contributed by atoms with Crippen LogP contribution in [0.1, 0.15) is 31.2 Å². The van der Waals surface area contributed by atoms with Gasteiger partial charge in [-0.15, -0.1) is 11.3 Å². The SMILES string of the molecule is Cc1ccc(NC(=O)COC(=O)c2ccccc2C(=O)c2cccs2)c([N+](=O)[O-])c1. The number of ketones is 1. The third kappa shape index (κ3) is 4.76. The number of aryl methyl sites for hydroxylation is 1. The first-order chi connectivity index (χ1) is 14.4. The second-order valence-electron chi connectivity index (χ2n) is 6.25. The van der Waals surface area contributed by atoms with Gasteiger partial charge in [0.2, 0.25) is 5.78 Å². The highest BCUT2D eigenvalue weighted by molar-refractivity contribution is 7.12. The van der Waals surface area contributed by atoms with E-state index in [0.717, 1.165) is 0 Å². The molecule has 152 valence electrons. The second-order valence-corrected chi connectivity index (χ2v) is 7.20. The summed E-state index contributed by atoms with van der Waals surface area (Å²) in [5.41, 5.74) is 0.601. The molecule has 0 saturated carbocycles. The predicted molar refractivity (Wildman–Crippen MR) is 111 cm³/mol. The van der Waals surface area contributed by atoms with Gasteiger partial charge in [-0.05, 0) is 36.1 Å². The standard InChI is InChI=1S/C21H16N2O6S/c1-13-8-9-16(17(11-13)23(27)28)22-19(24)12-29-21(26)15-6-3-2-5-14(15)20(25)18-7-4-10-30-18/h2-11H,12H2,1H3,(H,22,24). The van der Waals surface area contributed by atoms with E-state index in [-0.39, 0.29) is 28.3 Å². The van der Waals surface area contributed by atoms with Gasteiger partial charge in [0, 0.05) is 11.6 Å². The summed E-state index contributed by atoms with van der Waals surface area (Å²) in [5, 5.41) is 15.3. The molecule has 0 aliphatic heterocycles. The molecule has 0 unspecified atom stereocenters. The Labute approximate surface area is 175 Å². The van der Waals surface area contributed by atoms with Crippen molar-refractivity contribution in [3.63, 3.8) is 0 Å². The molecule has 0 aliphatic carbocycles. The van der Waals surface area contributed by atoms with E-state index in [1.54, 1.807) is 42.6 Å². The number of benzene rings is 2. The van der Waals surface area contributed by atoms with Gasteiger partial charge in [0.15, 0.2) is 6.61 Å². The van der Waals surface area contributed by atoms with Gasteiger partial charge >= 0.3 is 5.97 Å². The van der Waals surface area contributed by atoms with Crippen LogP contribution in [0.3, 0.4) is 0 Å². The lowest BCUT2D eigenvalue weighted by molar-refractivity contribution is -0.384. The van der Waals surface area contributed by atoms with Crippen LogP contribution < -0.4 is 5.32 Å². The molecule has 0 bridgehead atoms. The highest BCUT2D eigenvalue weighted by atomic mass is 32.1. The Hall–Kier alpha value is -3.85. The predicted octanol–water partition coefficient (Wildman–Crippen LogP) is 3.99. The van der Waals surface area contributed by atoms with Crippen LogP contribution in [0.4, 0.5) is 11.4 Å². The topological polar surface area (TPSA) is 116 Å². The lowest BCUT2D eigenvalue weighted by Gasteiger charge is -2.09. The molecule has 0 aliphatic rings. The maximum absolute atomic E-state index is 12.6. The molecule has 30 heavy (non-hydrogen) atoms. The number of nitrogens with zero attached hydrogens (tertiary/aromatic N) is 1. The van der Waals surface area contributed by atoms with Crippen molar-refractivity contribution in [1.82, 2.24) is 0 Å². The highest BCUT2D eigenvalue weighted by Crippen LogP contribution is 2.25. The summed E-state index contributed by atoms with van der Waals surface area (Å²) in [5.74, 6) is -1.90. The molecule has 1 N–H and O–H groups in total. The number of rotatable bonds is 7. The highest BCUT2D eigenvalue weighted by Gasteiger charge is 2.21. The van der Waals surface area contributed by atoms with Gasteiger partial charge in [0.25, 0.3) is 11.6 Å². The molecule has 8 nitrogen and oxygen atoms in total. The number of hydrogen-bond acceptors (Lipinski definition) is 7. The van der Waals surface area contributed by atoms with Gasteiger partial charge in [0.05, 0.1) is 15.4 Å². The third-order valence-corrected chi connectivity index (χ3v) is 4.96. The van der Waals surface area contributed by atoms with Gasteiger partial charge in [-0.3, -0.25) is 19.7 Å². The summed E-state index contributed by atoms with van der Waals surface area (Å²) in [6.07, 6.45) is 0. The number of nitro groups is 1. The molecule has 0 atom stereocenters. The molecule has 3 rings (SSSR count). The van der Waals surface area contributed by atoms with Crippen molar-refractivity contribution in [2.24, 2.45) is 0 Å². The van der Waals surface area contributed by atoms with Gasteiger partial charge in [0.1, 0.15) is 5.69 Å². The van der Waals surface area contributed by atoms with Crippen LogP contribution in [0.5, 0.6) is 0 Å². The van der Waals surface area contributed by atoms with Gasteiger partial charge in [-0.1, -0.05) is 30.3 Å². The zero-order valence-electron chi connectivity index (χ0n) is 15.8. The Morgan fingerprint density at radius 2 is 1.80 bits per heavy atom. The lowest BCUT2D eigenvalue weighted by Crippen LogP contribution is -2.22. The van der Waals surface area contributed by atoms with Crippen LogP contribution in [0.15, 0.2) is 60.0 Å². The maximum atomic E-state index is 12.6. The lowest BCUT2D eigenvalue weighted by atomic mass is 10.0. The molecule has 2 aromatic carbocycles. The summed E-state index contributed by atoms with van der Waals surface area (Å²) >= 11 is 1.25. The summed E-state index contributed by atoms with van der Waals surface area (Å²) in [6.45, 7) is 1.03. The minimum Gasteiger partial charge on any atom is -0.452 e. The number of nitrogens with one attached hydrogen (secondary N) is 1. The Morgan fingerprint density at radius 3 is 2.47 bits per heavy atom. The Bertz CT molecular complexity index is 1120. The number of amides is 1. The average molecular weight is 424 g/mol. The van der Waals surface area contributed by atoms with E-state index >= 15 is 0 Å².